The molecule has 0 aliphatic carbocycles. The van der Waals surface area contributed by atoms with Gasteiger partial charge >= 0.3 is 18.0 Å². The summed E-state index contributed by atoms with van der Waals surface area (Å²) in [5.74, 6) is -1.21. The molecule has 0 bridgehead atoms. The van der Waals surface area contributed by atoms with E-state index in [0.717, 1.165) is 12.8 Å². The molecule has 0 aromatic heterocycles. The van der Waals surface area contributed by atoms with Crippen molar-refractivity contribution < 1.29 is 24.2 Å². The number of amides is 2. The summed E-state index contributed by atoms with van der Waals surface area (Å²) in [4.78, 5) is 35.8. The lowest BCUT2D eigenvalue weighted by Crippen LogP contribution is -2.50. The molecule has 0 aromatic rings. The highest BCUT2D eigenvalue weighted by Gasteiger charge is 2.26. The number of piperidine rings is 1. The summed E-state index contributed by atoms with van der Waals surface area (Å²) in [5.41, 5.74) is 0. The number of carbonyl (C=O) groups is 3. The van der Waals surface area contributed by atoms with Crippen molar-refractivity contribution in [3.63, 3.8) is 0 Å². The molecule has 0 aromatic carbocycles. The first-order chi connectivity index (χ1) is 9.43. The van der Waals surface area contributed by atoms with Gasteiger partial charge in [-0.1, -0.05) is 6.92 Å². The van der Waals surface area contributed by atoms with Crippen LogP contribution in [0.1, 0.15) is 32.6 Å². The fourth-order valence-corrected chi connectivity index (χ4v) is 2.24. The molecule has 0 saturated carbocycles. The van der Waals surface area contributed by atoms with Crippen molar-refractivity contribution >= 4 is 18.0 Å². The van der Waals surface area contributed by atoms with Crippen molar-refractivity contribution in [3.8, 4) is 0 Å². The van der Waals surface area contributed by atoms with Gasteiger partial charge in [-0.3, -0.25) is 4.79 Å². The standard InChI is InChI=1S/C13H22N2O5/c1-9-4-3-7-15(8-9)13(19)14-10(12(17)18)5-6-11(16)20-2/h9-10H,3-8H2,1-2H3,(H,14,19)(H,17,18)/t9?,10-/m1/s1. The van der Waals surface area contributed by atoms with E-state index in [9.17, 15) is 14.4 Å². The van der Waals surface area contributed by atoms with Crippen molar-refractivity contribution in [3.05, 3.63) is 0 Å². The molecule has 0 spiro atoms. The van der Waals surface area contributed by atoms with Gasteiger partial charge in [0.2, 0.25) is 0 Å². The van der Waals surface area contributed by atoms with Gasteiger partial charge in [-0.2, -0.15) is 0 Å². The van der Waals surface area contributed by atoms with E-state index in [-0.39, 0.29) is 18.9 Å². The molecule has 1 saturated heterocycles. The lowest BCUT2D eigenvalue weighted by Gasteiger charge is -2.31. The van der Waals surface area contributed by atoms with Crippen LogP contribution in [0.15, 0.2) is 0 Å². The number of urea groups is 1. The second-order valence-corrected chi connectivity index (χ2v) is 5.15. The van der Waals surface area contributed by atoms with Crippen LogP contribution in [0.3, 0.4) is 0 Å². The largest absolute Gasteiger partial charge is 0.480 e. The Bertz CT molecular complexity index is 372. The summed E-state index contributed by atoms with van der Waals surface area (Å²) in [7, 11) is 1.24. The zero-order chi connectivity index (χ0) is 15.1. The fourth-order valence-electron chi connectivity index (χ4n) is 2.24. The Morgan fingerprint density at radius 3 is 2.70 bits per heavy atom. The predicted molar refractivity (Wildman–Crippen MR) is 71.2 cm³/mol. The predicted octanol–water partition coefficient (Wildman–Crippen LogP) is 0.834. The highest BCUT2D eigenvalue weighted by Crippen LogP contribution is 2.15. The monoisotopic (exact) mass is 286 g/mol. The van der Waals surface area contributed by atoms with E-state index in [1.165, 1.54) is 7.11 Å². The van der Waals surface area contributed by atoms with E-state index in [1.807, 2.05) is 0 Å². The van der Waals surface area contributed by atoms with Crippen molar-refractivity contribution in [2.75, 3.05) is 20.2 Å². The molecule has 114 valence electrons. The Morgan fingerprint density at radius 1 is 1.45 bits per heavy atom. The van der Waals surface area contributed by atoms with Crippen LogP contribution in [-0.2, 0) is 14.3 Å². The van der Waals surface area contributed by atoms with Crippen molar-refractivity contribution in [1.29, 1.82) is 0 Å². The third-order valence-electron chi connectivity index (χ3n) is 3.40. The molecule has 7 nitrogen and oxygen atoms in total. The Kier molecular flexibility index (Phi) is 6.27. The van der Waals surface area contributed by atoms with E-state index in [1.54, 1.807) is 4.90 Å². The lowest BCUT2D eigenvalue weighted by molar-refractivity contribution is -0.142. The molecule has 20 heavy (non-hydrogen) atoms. The van der Waals surface area contributed by atoms with Gasteiger partial charge in [0.1, 0.15) is 6.04 Å². The van der Waals surface area contributed by atoms with Gasteiger partial charge < -0.3 is 20.1 Å². The normalized spacial score (nSPS) is 20.1. The number of esters is 1. The molecule has 2 N–H and O–H groups in total. The number of ether oxygens (including phenoxy) is 1. The van der Waals surface area contributed by atoms with Gasteiger partial charge in [-0.25, -0.2) is 9.59 Å². The van der Waals surface area contributed by atoms with E-state index in [4.69, 9.17) is 5.11 Å². The highest BCUT2D eigenvalue weighted by molar-refractivity contribution is 5.83. The Balaban J connectivity index is 2.49. The second kappa shape index (κ2) is 7.72. The lowest BCUT2D eigenvalue weighted by atomic mass is 10.0. The number of nitrogens with one attached hydrogen (secondary N) is 1. The summed E-state index contributed by atoms with van der Waals surface area (Å²) in [6.07, 6.45) is 1.99. The average molecular weight is 286 g/mol. The van der Waals surface area contributed by atoms with Gasteiger partial charge in [-0.05, 0) is 25.2 Å². The van der Waals surface area contributed by atoms with E-state index < -0.39 is 18.0 Å². The first-order valence-electron chi connectivity index (χ1n) is 6.79. The zero-order valence-electron chi connectivity index (χ0n) is 11.9. The number of methoxy groups -OCH3 is 1. The maximum Gasteiger partial charge on any atom is 0.326 e. The molecule has 1 aliphatic rings. The minimum atomic E-state index is -1.15. The number of carboxylic acid groups (broad SMARTS) is 1. The third-order valence-corrected chi connectivity index (χ3v) is 3.40. The maximum absolute atomic E-state index is 12.0. The smallest absolute Gasteiger partial charge is 0.326 e. The van der Waals surface area contributed by atoms with Gasteiger partial charge in [-0.15, -0.1) is 0 Å². The van der Waals surface area contributed by atoms with Crippen LogP contribution >= 0.6 is 0 Å². The number of aliphatic carboxylic acids is 1. The van der Waals surface area contributed by atoms with E-state index >= 15 is 0 Å². The summed E-state index contributed by atoms with van der Waals surface area (Å²) < 4.78 is 4.46. The van der Waals surface area contributed by atoms with E-state index in [2.05, 4.69) is 17.0 Å². The number of carbonyl (C=O) groups excluding carboxylic acids is 2. The molecular weight excluding hydrogens is 264 g/mol. The topological polar surface area (TPSA) is 95.9 Å². The molecule has 1 unspecified atom stereocenters. The summed E-state index contributed by atoms with van der Waals surface area (Å²) in [6.45, 7) is 3.33. The highest BCUT2D eigenvalue weighted by atomic mass is 16.5. The van der Waals surface area contributed by atoms with Crippen LogP contribution in [0, 0.1) is 5.92 Å². The van der Waals surface area contributed by atoms with Crippen LogP contribution in [0.25, 0.3) is 0 Å². The number of likely N-dealkylation sites (tertiary alicyclic amines) is 1. The molecular formula is C13H22N2O5. The molecule has 1 heterocycles. The summed E-state index contributed by atoms with van der Waals surface area (Å²) >= 11 is 0. The second-order valence-electron chi connectivity index (χ2n) is 5.15. The van der Waals surface area contributed by atoms with Crippen molar-refractivity contribution in [2.24, 2.45) is 5.92 Å². The fraction of sp³-hybridized carbons (Fsp3) is 0.769. The quantitative estimate of drug-likeness (QED) is 0.730. The van der Waals surface area contributed by atoms with Crippen LogP contribution in [0.2, 0.25) is 0 Å². The first kappa shape index (κ1) is 16.3. The number of carboxylic acids is 1. The Morgan fingerprint density at radius 2 is 2.15 bits per heavy atom. The molecule has 2 atom stereocenters. The first-order valence-corrected chi connectivity index (χ1v) is 6.79. The zero-order valence-corrected chi connectivity index (χ0v) is 11.9. The van der Waals surface area contributed by atoms with Crippen molar-refractivity contribution in [1.82, 2.24) is 10.2 Å². The van der Waals surface area contributed by atoms with Gasteiger partial charge in [0.15, 0.2) is 0 Å². The maximum atomic E-state index is 12.0. The van der Waals surface area contributed by atoms with Gasteiger partial charge in [0.25, 0.3) is 0 Å². The van der Waals surface area contributed by atoms with Crippen LogP contribution in [0.5, 0.6) is 0 Å². The minimum absolute atomic E-state index is 0.0249. The Labute approximate surface area is 118 Å². The van der Waals surface area contributed by atoms with Crippen LogP contribution in [-0.4, -0.2) is 54.2 Å². The molecule has 1 rings (SSSR count). The third kappa shape index (κ3) is 5.07. The van der Waals surface area contributed by atoms with Crippen LogP contribution < -0.4 is 5.32 Å². The van der Waals surface area contributed by atoms with E-state index in [0.29, 0.717) is 19.0 Å². The average Bonchev–Trinajstić information content (AvgIpc) is 2.42. The van der Waals surface area contributed by atoms with Gasteiger partial charge in [0.05, 0.1) is 7.11 Å². The van der Waals surface area contributed by atoms with Crippen molar-refractivity contribution in [2.45, 2.75) is 38.6 Å². The number of nitrogens with zero attached hydrogens (tertiary/aromatic N) is 1. The van der Waals surface area contributed by atoms with Gasteiger partial charge in [0, 0.05) is 19.5 Å². The minimum Gasteiger partial charge on any atom is -0.480 e. The summed E-state index contributed by atoms with van der Waals surface area (Å²) in [6, 6.07) is -1.45. The SMILES string of the molecule is COC(=O)CC[C@@H](NC(=O)N1CCCC(C)C1)C(=O)O. The molecule has 0 radical (unpaired) electrons. The number of rotatable bonds is 5. The van der Waals surface area contributed by atoms with Crippen LogP contribution in [0.4, 0.5) is 4.79 Å². The summed E-state index contributed by atoms with van der Waals surface area (Å²) in [5, 5.41) is 11.5. The Hall–Kier alpha value is -1.79. The number of hydrogen-bond donors (Lipinski definition) is 2. The number of hydrogen-bond acceptors (Lipinski definition) is 4. The molecule has 1 fully saturated rings. The molecule has 1 aliphatic heterocycles. The molecule has 7 heteroatoms. The molecule has 2 amide bonds.